The minimum Gasteiger partial charge on any atom is -0.494 e. The van der Waals surface area contributed by atoms with Gasteiger partial charge in [-0.25, -0.2) is 0 Å². The molecule has 1 aliphatic heterocycles. The van der Waals surface area contributed by atoms with Gasteiger partial charge in [0.1, 0.15) is 17.3 Å². The van der Waals surface area contributed by atoms with E-state index in [0.717, 1.165) is 0 Å². The van der Waals surface area contributed by atoms with Gasteiger partial charge >= 0.3 is 0 Å². The molecule has 0 spiro atoms. The molecule has 1 amide bonds. The standard InChI is InChI=1S/C22H16N2O5S2/c1-2-28-15-9-7-14(8-10-15)23-21(25)20(31-22(23)30)13-16-11-12-19(29-16)17-5-3-4-6-18(17)24(26)27/h3-13H,2H2,1H3. The zero-order valence-electron chi connectivity index (χ0n) is 16.3. The average Bonchev–Trinajstić information content (AvgIpc) is 3.33. The lowest BCUT2D eigenvalue weighted by molar-refractivity contribution is -0.384. The molecule has 2 heterocycles. The maximum atomic E-state index is 12.9. The summed E-state index contributed by atoms with van der Waals surface area (Å²) in [6.45, 7) is 2.46. The third-order valence-electron chi connectivity index (χ3n) is 4.47. The van der Waals surface area contributed by atoms with Crippen LogP contribution in [0.4, 0.5) is 11.4 Å². The van der Waals surface area contributed by atoms with Gasteiger partial charge in [-0.05, 0) is 49.4 Å². The number of thioether (sulfide) groups is 1. The summed E-state index contributed by atoms with van der Waals surface area (Å²) >= 11 is 6.56. The van der Waals surface area contributed by atoms with Crippen molar-refractivity contribution in [2.24, 2.45) is 0 Å². The molecule has 0 saturated carbocycles. The Labute approximate surface area is 187 Å². The number of hydrogen-bond acceptors (Lipinski definition) is 7. The molecule has 0 bridgehead atoms. The molecule has 4 rings (SSSR count). The molecule has 3 aromatic rings. The van der Waals surface area contributed by atoms with E-state index >= 15 is 0 Å². The van der Waals surface area contributed by atoms with Gasteiger partial charge in [0.15, 0.2) is 4.32 Å². The molecule has 0 N–H and O–H groups in total. The molecular formula is C22H16N2O5S2. The number of benzene rings is 2. The first-order valence-corrected chi connectivity index (χ1v) is 10.5. The third kappa shape index (κ3) is 4.23. The van der Waals surface area contributed by atoms with Crippen molar-refractivity contribution in [1.82, 2.24) is 0 Å². The Kier molecular flexibility index (Phi) is 5.88. The number of nitro groups is 1. The van der Waals surface area contributed by atoms with Crippen LogP contribution < -0.4 is 9.64 Å². The Hall–Kier alpha value is -3.43. The number of nitro benzene ring substituents is 1. The van der Waals surface area contributed by atoms with E-state index in [9.17, 15) is 14.9 Å². The minimum absolute atomic E-state index is 0.0507. The summed E-state index contributed by atoms with van der Waals surface area (Å²) < 4.78 is 11.6. The molecule has 9 heteroatoms. The van der Waals surface area contributed by atoms with Crippen LogP contribution in [0.25, 0.3) is 17.4 Å². The first-order valence-electron chi connectivity index (χ1n) is 9.32. The zero-order chi connectivity index (χ0) is 22.0. The van der Waals surface area contributed by atoms with Crippen LogP contribution in [0.5, 0.6) is 5.75 Å². The normalized spacial score (nSPS) is 15.0. The molecule has 1 aromatic heterocycles. The number of nitrogens with zero attached hydrogens (tertiary/aromatic N) is 2. The largest absolute Gasteiger partial charge is 0.494 e. The second kappa shape index (κ2) is 8.75. The number of amides is 1. The topological polar surface area (TPSA) is 85.8 Å². The van der Waals surface area contributed by atoms with Crippen molar-refractivity contribution in [3.63, 3.8) is 0 Å². The molecule has 1 saturated heterocycles. The van der Waals surface area contributed by atoms with Gasteiger partial charge in [-0.1, -0.05) is 36.1 Å². The van der Waals surface area contributed by atoms with Crippen LogP contribution in [-0.2, 0) is 4.79 Å². The van der Waals surface area contributed by atoms with Crippen molar-refractivity contribution in [3.05, 3.63) is 81.4 Å². The number of ether oxygens (including phenoxy) is 1. The first-order chi connectivity index (χ1) is 15.0. The molecule has 1 fully saturated rings. The average molecular weight is 453 g/mol. The Balaban J connectivity index is 1.59. The van der Waals surface area contributed by atoms with Gasteiger partial charge in [-0.3, -0.25) is 19.8 Å². The Morgan fingerprint density at radius 1 is 1.16 bits per heavy atom. The molecule has 0 radical (unpaired) electrons. The number of para-hydroxylation sites is 1. The lowest BCUT2D eigenvalue weighted by atomic mass is 10.1. The van der Waals surface area contributed by atoms with Crippen LogP contribution in [0.15, 0.2) is 70.0 Å². The molecule has 0 aliphatic carbocycles. The summed E-state index contributed by atoms with van der Waals surface area (Å²) in [7, 11) is 0. The van der Waals surface area contributed by atoms with E-state index in [1.54, 1.807) is 60.7 Å². The second-order valence-corrected chi connectivity index (χ2v) is 8.10. The summed E-state index contributed by atoms with van der Waals surface area (Å²) in [5.74, 6) is 1.20. The Bertz CT molecular complexity index is 1200. The number of anilines is 1. The molecule has 2 aromatic carbocycles. The summed E-state index contributed by atoms with van der Waals surface area (Å²) in [4.78, 5) is 25.6. The van der Waals surface area contributed by atoms with Crippen molar-refractivity contribution in [1.29, 1.82) is 0 Å². The van der Waals surface area contributed by atoms with Crippen LogP contribution >= 0.6 is 24.0 Å². The van der Waals surface area contributed by atoms with Crippen molar-refractivity contribution >= 4 is 51.7 Å². The van der Waals surface area contributed by atoms with Gasteiger partial charge in [-0.2, -0.15) is 0 Å². The van der Waals surface area contributed by atoms with Gasteiger partial charge in [0.05, 0.1) is 27.7 Å². The molecular weight excluding hydrogens is 436 g/mol. The van der Waals surface area contributed by atoms with E-state index in [-0.39, 0.29) is 11.6 Å². The van der Waals surface area contributed by atoms with Crippen molar-refractivity contribution in [2.75, 3.05) is 11.5 Å². The van der Waals surface area contributed by atoms with Crippen LogP contribution in [0.1, 0.15) is 12.7 Å². The maximum absolute atomic E-state index is 12.9. The fourth-order valence-electron chi connectivity index (χ4n) is 3.09. The number of thiocarbonyl (C=S) groups is 1. The van der Waals surface area contributed by atoms with Gasteiger partial charge < -0.3 is 9.15 Å². The van der Waals surface area contributed by atoms with Crippen LogP contribution in [0.3, 0.4) is 0 Å². The molecule has 7 nitrogen and oxygen atoms in total. The molecule has 156 valence electrons. The van der Waals surface area contributed by atoms with E-state index in [1.807, 2.05) is 6.92 Å². The van der Waals surface area contributed by atoms with Gasteiger partial charge in [-0.15, -0.1) is 0 Å². The van der Waals surface area contributed by atoms with Gasteiger partial charge in [0, 0.05) is 12.1 Å². The predicted molar refractivity (Wildman–Crippen MR) is 124 cm³/mol. The summed E-state index contributed by atoms with van der Waals surface area (Å²) in [6, 6.07) is 16.8. The summed E-state index contributed by atoms with van der Waals surface area (Å²) in [5.41, 5.74) is 0.966. The van der Waals surface area contributed by atoms with Crippen molar-refractivity contribution in [3.8, 4) is 17.1 Å². The van der Waals surface area contributed by atoms with Crippen LogP contribution in [0, 0.1) is 10.1 Å². The molecule has 0 unspecified atom stereocenters. The fourth-order valence-corrected chi connectivity index (χ4v) is 4.37. The highest BCUT2D eigenvalue weighted by Crippen LogP contribution is 2.37. The minimum atomic E-state index is -0.459. The number of hydrogen-bond donors (Lipinski definition) is 0. The van der Waals surface area contributed by atoms with Gasteiger partial charge in [0.2, 0.25) is 0 Å². The lowest BCUT2D eigenvalue weighted by Crippen LogP contribution is -2.27. The Morgan fingerprint density at radius 2 is 1.90 bits per heavy atom. The van der Waals surface area contributed by atoms with Crippen molar-refractivity contribution < 1.29 is 18.9 Å². The predicted octanol–water partition coefficient (Wildman–Crippen LogP) is 5.66. The van der Waals surface area contributed by atoms with E-state index in [2.05, 4.69) is 0 Å². The Morgan fingerprint density at radius 3 is 2.61 bits per heavy atom. The van der Waals surface area contributed by atoms with E-state index in [4.69, 9.17) is 21.4 Å². The highest BCUT2D eigenvalue weighted by molar-refractivity contribution is 8.27. The van der Waals surface area contributed by atoms with Crippen molar-refractivity contribution in [2.45, 2.75) is 6.92 Å². The fraction of sp³-hybridized carbons (Fsp3) is 0.0909. The van der Waals surface area contributed by atoms with E-state index < -0.39 is 4.92 Å². The van der Waals surface area contributed by atoms with Crippen LogP contribution in [0.2, 0.25) is 0 Å². The smallest absolute Gasteiger partial charge is 0.280 e. The summed E-state index contributed by atoms with van der Waals surface area (Å²) in [6.07, 6.45) is 1.59. The number of carbonyl (C=O) groups excluding carboxylic acids is 1. The molecule has 31 heavy (non-hydrogen) atoms. The lowest BCUT2D eigenvalue weighted by Gasteiger charge is -2.15. The molecule has 1 aliphatic rings. The quantitative estimate of drug-likeness (QED) is 0.206. The number of carbonyl (C=O) groups is 1. The highest BCUT2D eigenvalue weighted by Gasteiger charge is 2.33. The van der Waals surface area contributed by atoms with E-state index in [1.165, 1.54) is 22.7 Å². The number of rotatable bonds is 6. The third-order valence-corrected chi connectivity index (χ3v) is 5.77. The maximum Gasteiger partial charge on any atom is 0.280 e. The molecule has 0 atom stereocenters. The van der Waals surface area contributed by atoms with E-state index in [0.29, 0.717) is 44.4 Å². The zero-order valence-corrected chi connectivity index (χ0v) is 17.9. The van der Waals surface area contributed by atoms with Gasteiger partial charge in [0.25, 0.3) is 11.6 Å². The summed E-state index contributed by atoms with van der Waals surface area (Å²) in [5, 5.41) is 11.3. The highest BCUT2D eigenvalue weighted by atomic mass is 32.2. The SMILES string of the molecule is CCOc1ccc(N2C(=O)C(=Cc3ccc(-c4ccccc4[N+](=O)[O-])o3)SC2=S)cc1. The first kappa shape index (κ1) is 20.8. The second-order valence-electron chi connectivity index (χ2n) is 6.42. The monoisotopic (exact) mass is 452 g/mol. The van der Waals surface area contributed by atoms with Crippen LogP contribution in [-0.4, -0.2) is 21.8 Å². The number of furan rings is 1.